The summed E-state index contributed by atoms with van der Waals surface area (Å²) < 4.78 is 36.1. The average molecular weight is 358 g/mol. The van der Waals surface area contributed by atoms with E-state index in [1.165, 1.54) is 26.2 Å². The van der Waals surface area contributed by atoms with Crippen LogP contribution in [0.2, 0.25) is 0 Å². The Morgan fingerprint density at radius 2 is 1.92 bits per heavy atom. The van der Waals surface area contributed by atoms with Crippen LogP contribution in [0.5, 0.6) is 0 Å². The molecule has 0 aliphatic carbocycles. The quantitative estimate of drug-likeness (QED) is 0.701. The van der Waals surface area contributed by atoms with Gasteiger partial charge >= 0.3 is 6.09 Å². The minimum absolute atomic E-state index is 0.0117. The Balaban J connectivity index is 2.01. The summed E-state index contributed by atoms with van der Waals surface area (Å²) in [5, 5.41) is -0.906. The van der Waals surface area contributed by atoms with Crippen molar-refractivity contribution in [2.24, 2.45) is 0 Å². The second-order valence-electron chi connectivity index (χ2n) is 5.39. The van der Waals surface area contributed by atoms with E-state index in [1.54, 1.807) is 0 Å². The Morgan fingerprint density at radius 3 is 2.50 bits per heavy atom. The van der Waals surface area contributed by atoms with E-state index < -0.39 is 27.5 Å². The number of benzene rings is 1. The SMILES string of the molecule is COC1CN(C(=O)OCc2ccccc2)CC1S(=O)(=O)N(C)OC. The van der Waals surface area contributed by atoms with Gasteiger partial charge in [0.25, 0.3) is 0 Å². The fraction of sp³-hybridized carbons (Fsp3) is 0.533. The summed E-state index contributed by atoms with van der Waals surface area (Å²) >= 11 is 0. The van der Waals surface area contributed by atoms with E-state index >= 15 is 0 Å². The Kier molecular flexibility index (Phi) is 6.16. The van der Waals surface area contributed by atoms with Crippen molar-refractivity contribution in [2.45, 2.75) is 18.0 Å². The van der Waals surface area contributed by atoms with Crippen LogP contribution in [0.1, 0.15) is 5.56 Å². The molecule has 1 saturated heterocycles. The number of ether oxygens (including phenoxy) is 2. The monoisotopic (exact) mass is 358 g/mol. The van der Waals surface area contributed by atoms with Crippen LogP contribution in [0.15, 0.2) is 30.3 Å². The number of rotatable bonds is 6. The smallest absolute Gasteiger partial charge is 0.410 e. The van der Waals surface area contributed by atoms with Crippen molar-refractivity contribution in [3.8, 4) is 0 Å². The third-order valence-corrected chi connectivity index (χ3v) is 6.06. The lowest BCUT2D eigenvalue weighted by Gasteiger charge is -2.22. The van der Waals surface area contributed by atoms with Crippen molar-refractivity contribution < 1.29 is 27.5 Å². The third kappa shape index (κ3) is 4.04. The van der Waals surface area contributed by atoms with Crippen LogP contribution in [-0.2, 0) is 30.9 Å². The van der Waals surface area contributed by atoms with Gasteiger partial charge in [-0.05, 0) is 5.56 Å². The highest BCUT2D eigenvalue weighted by atomic mass is 32.2. The minimum atomic E-state index is -3.75. The maximum Gasteiger partial charge on any atom is 0.410 e. The van der Waals surface area contributed by atoms with Crippen LogP contribution < -0.4 is 0 Å². The van der Waals surface area contributed by atoms with Crippen molar-refractivity contribution in [1.82, 2.24) is 9.37 Å². The van der Waals surface area contributed by atoms with Gasteiger partial charge in [-0.25, -0.2) is 13.2 Å². The molecule has 0 saturated carbocycles. The van der Waals surface area contributed by atoms with Gasteiger partial charge in [-0.1, -0.05) is 34.8 Å². The number of carbonyl (C=O) groups is 1. The number of methoxy groups -OCH3 is 1. The number of sulfonamides is 1. The van der Waals surface area contributed by atoms with Crippen LogP contribution in [0.4, 0.5) is 4.79 Å². The fourth-order valence-corrected chi connectivity index (χ4v) is 4.05. The molecule has 0 bridgehead atoms. The number of hydrogen-bond acceptors (Lipinski definition) is 6. The van der Waals surface area contributed by atoms with Crippen molar-refractivity contribution in [2.75, 3.05) is 34.4 Å². The predicted octanol–water partition coefficient (Wildman–Crippen LogP) is 0.845. The molecule has 0 spiro atoms. The number of likely N-dealkylation sites (tertiary alicyclic amines) is 1. The maximum absolute atomic E-state index is 12.4. The van der Waals surface area contributed by atoms with Crippen LogP contribution >= 0.6 is 0 Å². The number of nitrogens with zero attached hydrogens (tertiary/aromatic N) is 2. The first kappa shape index (κ1) is 18.7. The van der Waals surface area contributed by atoms with Gasteiger partial charge < -0.3 is 14.4 Å². The van der Waals surface area contributed by atoms with Gasteiger partial charge in [0.15, 0.2) is 0 Å². The predicted molar refractivity (Wildman–Crippen MR) is 86.5 cm³/mol. The highest BCUT2D eigenvalue weighted by Crippen LogP contribution is 2.23. The molecule has 1 heterocycles. The lowest BCUT2D eigenvalue weighted by atomic mass is 10.2. The highest BCUT2D eigenvalue weighted by molar-refractivity contribution is 7.89. The molecular formula is C15H22N2O6S. The molecule has 2 atom stereocenters. The van der Waals surface area contributed by atoms with E-state index in [4.69, 9.17) is 14.3 Å². The number of hydroxylamine groups is 1. The van der Waals surface area contributed by atoms with Crippen molar-refractivity contribution in [1.29, 1.82) is 0 Å². The Labute approximate surface area is 141 Å². The van der Waals surface area contributed by atoms with Gasteiger partial charge in [-0.2, -0.15) is 0 Å². The summed E-state index contributed by atoms with van der Waals surface area (Å²) in [6, 6.07) is 9.26. The summed E-state index contributed by atoms with van der Waals surface area (Å²) in [6.45, 7) is 0.261. The second kappa shape index (κ2) is 7.93. The van der Waals surface area contributed by atoms with E-state index in [0.29, 0.717) is 0 Å². The molecule has 134 valence electrons. The zero-order chi connectivity index (χ0) is 17.7. The summed E-state index contributed by atoms with van der Waals surface area (Å²) in [7, 11) is 0.237. The van der Waals surface area contributed by atoms with E-state index in [1.807, 2.05) is 30.3 Å². The molecule has 9 heteroatoms. The first-order valence-electron chi connectivity index (χ1n) is 7.40. The minimum Gasteiger partial charge on any atom is -0.445 e. The molecule has 0 N–H and O–H groups in total. The van der Waals surface area contributed by atoms with Gasteiger partial charge in [0.05, 0.1) is 19.8 Å². The first-order valence-corrected chi connectivity index (χ1v) is 8.90. The molecule has 1 amide bonds. The molecule has 2 unspecified atom stereocenters. The van der Waals surface area contributed by atoms with Crippen LogP contribution in [-0.4, -0.2) is 69.6 Å². The van der Waals surface area contributed by atoms with Crippen molar-refractivity contribution >= 4 is 16.1 Å². The average Bonchev–Trinajstić information content (AvgIpc) is 3.05. The Morgan fingerprint density at radius 1 is 1.25 bits per heavy atom. The van der Waals surface area contributed by atoms with Crippen molar-refractivity contribution in [3.63, 3.8) is 0 Å². The zero-order valence-electron chi connectivity index (χ0n) is 13.9. The van der Waals surface area contributed by atoms with Crippen LogP contribution in [0.25, 0.3) is 0 Å². The molecule has 1 aromatic rings. The van der Waals surface area contributed by atoms with Gasteiger partial charge in [0, 0.05) is 20.7 Å². The van der Waals surface area contributed by atoms with E-state index in [0.717, 1.165) is 10.0 Å². The third-order valence-electron chi connectivity index (χ3n) is 3.98. The van der Waals surface area contributed by atoms with E-state index in [-0.39, 0.29) is 19.7 Å². The van der Waals surface area contributed by atoms with Gasteiger partial charge in [0.1, 0.15) is 11.9 Å². The van der Waals surface area contributed by atoms with Gasteiger partial charge in [0.2, 0.25) is 10.0 Å². The molecule has 24 heavy (non-hydrogen) atoms. The zero-order valence-corrected chi connectivity index (χ0v) is 14.7. The number of hydrogen-bond donors (Lipinski definition) is 0. The molecule has 1 aliphatic rings. The van der Waals surface area contributed by atoms with E-state index in [2.05, 4.69) is 0 Å². The highest BCUT2D eigenvalue weighted by Gasteiger charge is 2.46. The number of amides is 1. The van der Waals surface area contributed by atoms with E-state index in [9.17, 15) is 13.2 Å². The maximum atomic E-state index is 12.4. The first-order chi connectivity index (χ1) is 11.4. The van der Waals surface area contributed by atoms with Crippen LogP contribution in [0.3, 0.4) is 0 Å². The number of carbonyl (C=O) groups excluding carboxylic acids is 1. The summed E-state index contributed by atoms with van der Waals surface area (Å²) in [4.78, 5) is 18.3. The second-order valence-corrected chi connectivity index (χ2v) is 7.54. The Hall–Kier alpha value is -1.68. The summed E-state index contributed by atoms with van der Waals surface area (Å²) in [6.07, 6.45) is -1.21. The molecule has 0 radical (unpaired) electrons. The Bertz CT molecular complexity index is 651. The molecule has 1 fully saturated rings. The lowest BCUT2D eigenvalue weighted by Crippen LogP contribution is -2.42. The molecule has 0 aromatic heterocycles. The molecule has 1 aliphatic heterocycles. The van der Waals surface area contributed by atoms with Crippen LogP contribution in [0, 0.1) is 0 Å². The fourth-order valence-electron chi connectivity index (χ4n) is 2.51. The van der Waals surface area contributed by atoms with Gasteiger partial charge in [-0.15, -0.1) is 0 Å². The normalized spacial score (nSPS) is 21.2. The summed E-state index contributed by atoms with van der Waals surface area (Å²) in [5.41, 5.74) is 0.858. The lowest BCUT2D eigenvalue weighted by molar-refractivity contribution is -0.0282. The topological polar surface area (TPSA) is 85.4 Å². The van der Waals surface area contributed by atoms with Gasteiger partial charge in [-0.3, -0.25) is 4.84 Å². The molecule has 1 aromatic carbocycles. The molecule has 8 nitrogen and oxygen atoms in total. The molecular weight excluding hydrogens is 336 g/mol. The molecule has 2 rings (SSSR count). The van der Waals surface area contributed by atoms with Crippen molar-refractivity contribution in [3.05, 3.63) is 35.9 Å². The largest absolute Gasteiger partial charge is 0.445 e. The summed E-state index contributed by atoms with van der Waals surface area (Å²) in [5.74, 6) is 0. The standard InChI is InChI=1S/C15H22N2O6S/c1-16(22-3)24(19,20)14-10-17(9-13(14)21-2)15(18)23-11-12-7-5-4-6-8-12/h4-8,13-14H,9-11H2,1-3H3.